The van der Waals surface area contributed by atoms with E-state index in [1.165, 1.54) is 19.2 Å². The number of benzene rings is 1. The molecule has 7 heteroatoms. The van der Waals surface area contributed by atoms with Crippen molar-refractivity contribution in [2.24, 2.45) is 0 Å². The van der Waals surface area contributed by atoms with Crippen LogP contribution in [0.2, 0.25) is 0 Å². The third kappa shape index (κ3) is 2.96. The van der Waals surface area contributed by atoms with Gasteiger partial charge in [0, 0.05) is 0 Å². The van der Waals surface area contributed by atoms with Crippen molar-refractivity contribution in [1.29, 1.82) is 0 Å². The molecule has 2 unspecified atom stereocenters. The van der Waals surface area contributed by atoms with E-state index in [2.05, 4.69) is 0 Å². The van der Waals surface area contributed by atoms with Crippen LogP contribution in [0.3, 0.4) is 0 Å². The highest BCUT2D eigenvalue weighted by atomic mass is 16.5. The van der Waals surface area contributed by atoms with Crippen molar-refractivity contribution in [2.45, 2.75) is 12.2 Å². The van der Waals surface area contributed by atoms with Gasteiger partial charge < -0.3 is 25.2 Å². The first-order chi connectivity index (χ1) is 8.36. The molecule has 18 heavy (non-hydrogen) atoms. The first-order valence-corrected chi connectivity index (χ1v) is 4.87. The van der Waals surface area contributed by atoms with Crippen molar-refractivity contribution >= 4 is 11.9 Å². The van der Waals surface area contributed by atoms with Crippen LogP contribution in [0.1, 0.15) is 23.3 Å². The number of carbonyl (C=O) groups is 2. The normalized spacial score (nSPS) is 13.7. The maximum atomic E-state index is 10.6. The lowest BCUT2D eigenvalue weighted by Gasteiger charge is -2.13. The van der Waals surface area contributed by atoms with Gasteiger partial charge in [0.25, 0.3) is 0 Å². The molecule has 0 amide bonds. The van der Waals surface area contributed by atoms with Gasteiger partial charge in [-0.05, 0) is 29.3 Å². The molecular weight excluding hydrogens is 244 g/mol. The third-order valence-electron chi connectivity index (χ3n) is 2.29. The Balaban J connectivity index is 3.25. The number of hydrogen-bond donors (Lipinski definition) is 4. The number of ether oxygens (including phenoxy) is 1. The number of methoxy groups -OCH3 is 1. The Bertz CT molecular complexity index is 430. The van der Waals surface area contributed by atoms with E-state index in [4.69, 9.17) is 14.9 Å². The van der Waals surface area contributed by atoms with E-state index in [1.807, 2.05) is 0 Å². The van der Waals surface area contributed by atoms with Crippen LogP contribution < -0.4 is 4.74 Å². The van der Waals surface area contributed by atoms with E-state index in [0.29, 0.717) is 0 Å². The molecule has 2 atom stereocenters. The zero-order chi connectivity index (χ0) is 13.9. The molecule has 1 aromatic rings. The Labute approximate surface area is 102 Å². The zero-order valence-corrected chi connectivity index (χ0v) is 9.40. The van der Waals surface area contributed by atoms with E-state index in [9.17, 15) is 19.8 Å². The minimum atomic E-state index is -1.82. The molecule has 0 saturated heterocycles. The van der Waals surface area contributed by atoms with Gasteiger partial charge in [0.15, 0.2) is 12.2 Å². The fourth-order valence-electron chi connectivity index (χ4n) is 1.36. The lowest BCUT2D eigenvalue weighted by atomic mass is 10.0. The molecule has 1 aromatic carbocycles. The molecule has 1 rings (SSSR count). The van der Waals surface area contributed by atoms with Crippen molar-refractivity contribution in [1.82, 2.24) is 0 Å². The first-order valence-electron chi connectivity index (χ1n) is 4.87. The average Bonchev–Trinajstić information content (AvgIpc) is 2.35. The molecule has 0 aliphatic carbocycles. The summed E-state index contributed by atoms with van der Waals surface area (Å²) in [5.74, 6) is -2.83. The maximum Gasteiger partial charge on any atom is 0.337 e. The summed E-state index contributed by atoms with van der Waals surface area (Å²) in [5, 5.41) is 36.1. The lowest BCUT2D eigenvalue weighted by molar-refractivity contribution is -0.147. The molecule has 0 fully saturated rings. The van der Waals surface area contributed by atoms with Crippen LogP contribution in [0.4, 0.5) is 0 Å². The number of aliphatic carboxylic acids is 2. The summed E-state index contributed by atoms with van der Waals surface area (Å²) < 4.78 is 4.85. The highest BCUT2D eigenvalue weighted by Crippen LogP contribution is 2.26. The number of aliphatic hydroxyl groups is 2. The van der Waals surface area contributed by atoms with Crippen LogP contribution in [-0.4, -0.2) is 39.5 Å². The quantitative estimate of drug-likeness (QED) is 0.581. The van der Waals surface area contributed by atoms with Crippen LogP contribution in [-0.2, 0) is 9.59 Å². The van der Waals surface area contributed by atoms with Crippen molar-refractivity contribution in [3.63, 3.8) is 0 Å². The minimum absolute atomic E-state index is 0.0721. The SMILES string of the molecule is COc1cc(C(O)C(=O)O)cc(C(O)C(=O)O)c1. The summed E-state index contributed by atoms with van der Waals surface area (Å²) in [7, 11) is 1.29. The van der Waals surface area contributed by atoms with Gasteiger partial charge in [-0.3, -0.25) is 0 Å². The summed E-state index contributed by atoms with van der Waals surface area (Å²) in [6.45, 7) is 0. The summed E-state index contributed by atoms with van der Waals surface area (Å²) in [4.78, 5) is 21.3. The smallest absolute Gasteiger partial charge is 0.337 e. The Morgan fingerprint density at radius 3 is 1.67 bits per heavy atom. The van der Waals surface area contributed by atoms with Gasteiger partial charge in [0.05, 0.1) is 7.11 Å². The maximum absolute atomic E-state index is 10.6. The minimum Gasteiger partial charge on any atom is -0.497 e. The zero-order valence-electron chi connectivity index (χ0n) is 9.40. The molecule has 0 bridgehead atoms. The standard InChI is InChI=1S/C11H12O7/c1-18-7-3-5(8(12)10(14)15)2-6(4-7)9(13)11(16)17/h2-4,8-9,12-13H,1H3,(H,14,15)(H,16,17). The van der Waals surface area contributed by atoms with Crippen LogP contribution in [0.25, 0.3) is 0 Å². The molecule has 0 radical (unpaired) electrons. The van der Waals surface area contributed by atoms with E-state index >= 15 is 0 Å². The molecule has 7 nitrogen and oxygen atoms in total. The van der Waals surface area contributed by atoms with Crippen molar-refractivity contribution < 1.29 is 34.8 Å². The summed E-state index contributed by atoms with van der Waals surface area (Å²) in [6, 6.07) is 3.59. The fourth-order valence-corrected chi connectivity index (χ4v) is 1.36. The van der Waals surface area contributed by atoms with E-state index in [0.717, 1.165) is 6.07 Å². The Kier molecular flexibility index (Phi) is 4.24. The highest BCUT2D eigenvalue weighted by Gasteiger charge is 2.22. The topological polar surface area (TPSA) is 124 Å². The van der Waals surface area contributed by atoms with E-state index < -0.39 is 24.1 Å². The number of rotatable bonds is 5. The molecule has 0 aliphatic heterocycles. The summed E-state index contributed by atoms with van der Waals surface area (Å²) in [6.07, 6.45) is -3.64. The summed E-state index contributed by atoms with van der Waals surface area (Å²) in [5.41, 5.74) is -0.144. The van der Waals surface area contributed by atoms with Gasteiger partial charge in [0.1, 0.15) is 5.75 Å². The van der Waals surface area contributed by atoms with Crippen LogP contribution in [0.15, 0.2) is 18.2 Å². The van der Waals surface area contributed by atoms with Crippen molar-refractivity contribution in [3.05, 3.63) is 29.3 Å². The van der Waals surface area contributed by atoms with E-state index in [1.54, 1.807) is 0 Å². The molecule has 4 N–H and O–H groups in total. The Hall–Kier alpha value is -2.12. The van der Waals surface area contributed by atoms with Gasteiger partial charge >= 0.3 is 11.9 Å². The second-order valence-corrected chi connectivity index (χ2v) is 3.52. The second-order valence-electron chi connectivity index (χ2n) is 3.52. The average molecular weight is 256 g/mol. The van der Waals surface area contributed by atoms with Gasteiger partial charge in [0.2, 0.25) is 0 Å². The van der Waals surface area contributed by atoms with Crippen molar-refractivity contribution in [2.75, 3.05) is 7.11 Å². The number of carboxylic acids is 2. The molecular formula is C11H12O7. The lowest BCUT2D eigenvalue weighted by Crippen LogP contribution is -2.14. The number of hydrogen-bond acceptors (Lipinski definition) is 5. The van der Waals surface area contributed by atoms with E-state index in [-0.39, 0.29) is 16.9 Å². The molecule has 98 valence electrons. The van der Waals surface area contributed by atoms with Gasteiger partial charge in [-0.15, -0.1) is 0 Å². The Morgan fingerprint density at radius 2 is 1.39 bits per heavy atom. The molecule has 0 spiro atoms. The molecule has 0 aromatic heterocycles. The fraction of sp³-hybridized carbons (Fsp3) is 0.273. The molecule has 0 saturated carbocycles. The predicted octanol–water partition coefficient (Wildman–Crippen LogP) is -0.0688. The van der Waals surface area contributed by atoms with Gasteiger partial charge in [-0.2, -0.15) is 0 Å². The monoisotopic (exact) mass is 256 g/mol. The number of carboxylic acid groups (broad SMARTS) is 2. The molecule has 0 heterocycles. The third-order valence-corrected chi connectivity index (χ3v) is 2.29. The molecule has 0 aliphatic rings. The second kappa shape index (κ2) is 5.48. The predicted molar refractivity (Wildman–Crippen MR) is 58.2 cm³/mol. The highest BCUT2D eigenvalue weighted by molar-refractivity contribution is 5.76. The van der Waals surface area contributed by atoms with Crippen LogP contribution in [0, 0.1) is 0 Å². The number of aliphatic hydroxyl groups excluding tert-OH is 2. The largest absolute Gasteiger partial charge is 0.497 e. The van der Waals surface area contributed by atoms with Crippen LogP contribution in [0.5, 0.6) is 5.75 Å². The Morgan fingerprint density at radius 1 is 1.00 bits per heavy atom. The first kappa shape index (κ1) is 13.9. The van der Waals surface area contributed by atoms with Crippen molar-refractivity contribution in [3.8, 4) is 5.75 Å². The van der Waals surface area contributed by atoms with Gasteiger partial charge in [-0.25, -0.2) is 9.59 Å². The van der Waals surface area contributed by atoms with Crippen LogP contribution >= 0.6 is 0 Å². The van der Waals surface area contributed by atoms with Gasteiger partial charge in [-0.1, -0.05) is 0 Å². The summed E-state index contributed by atoms with van der Waals surface area (Å²) >= 11 is 0.